The molecule has 8 heteroatoms. The Labute approximate surface area is 189 Å². The molecule has 0 saturated carbocycles. The summed E-state index contributed by atoms with van der Waals surface area (Å²) in [6, 6.07) is 17.5. The van der Waals surface area contributed by atoms with Crippen molar-refractivity contribution in [3.8, 4) is 0 Å². The van der Waals surface area contributed by atoms with Crippen LogP contribution in [0, 0.1) is 0 Å². The topological polar surface area (TPSA) is 66.5 Å². The van der Waals surface area contributed by atoms with Gasteiger partial charge in [-0.25, -0.2) is 0 Å². The maximum atomic E-state index is 14.6. The first-order valence-corrected chi connectivity index (χ1v) is 10.8. The van der Waals surface area contributed by atoms with Crippen molar-refractivity contribution in [2.75, 3.05) is 0 Å². The van der Waals surface area contributed by atoms with E-state index in [2.05, 4.69) is 0 Å². The van der Waals surface area contributed by atoms with Gasteiger partial charge in [0.15, 0.2) is 5.78 Å². The summed E-state index contributed by atoms with van der Waals surface area (Å²) in [5.41, 5.74) is -2.52. The largest absolute Gasteiger partial charge is 0.425 e. The van der Waals surface area contributed by atoms with Gasteiger partial charge in [0.25, 0.3) is 5.91 Å². The van der Waals surface area contributed by atoms with E-state index >= 15 is 0 Å². The van der Waals surface area contributed by atoms with Crippen LogP contribution in [0.1, 0.15) is 36.8 Å². The third-order valence-corrected chi connectivity index (χ3v) is 6.07. The summed E-state index contributed by atoms with van der Waals surface area (Å²) >= 11 is 0. The van der Waals surface area contributed by atoms with E-state index in [0.717, 1.165) is 10.5 Å². The van der Waals surface area contributed by atoms with Gasteiger partial charge in [-0.05, 0) is 30.4 Å². The fourth-order valence-corrected chi connectivity index (χ4v) is 4.51. The minimum atomic E-state index is -5.18. The van der Waals surface area contributed by atoms with Gasteiger partial charge in [0.2, 0.25) is 11.4 Å². The number of allylic oxidation sites excluding steroid dienone is 1. The van der Waals surface area contributed by atoms with E-state index in [-0.39, 0.29) is 37.9 Å². The summed E-state index contributed by atoms with van der Waals surface area (Å²) in [6.45, 7) is -0.108. The van der Waals surface area contributed by atoms with Crippen LogP contribution < -0.4 is 5.32 Å². The molecule has 2 amide bonds. The Bertz CT molecular complexity index is 1100. The fourth-order valence-electron chi connectivity index (χ4n) is 4.51. The number of carbonyl (C=O) groups is 3. The summed E-state index contributed by atoms with van der Waals surface area (Å²) in [6.07, 6.45) is -4.79. The lowest BCUT2D eigenvalue weighted by molar-refractivity contribution is -0.194. The molecule has 0 spiro atoms. The smallest absolute Gasteiger partial charge is 0.330 e. The van der Waals surface area contributed by atoms with Crippen LogP contribution in [0.5, 0.6) is 0 Å². The first kappa shape index (κ1) is 22.8. The lowest BCUT2D eigenvalue weighted by atomic mass is 9.82. The average molecular weight is 456 g/mol. The highest BCUT2D eigenvalue weighted by Crippen LogP contribution is 2.48. The molecule has 33 heavy (non-hydrogen) atoms. The van der Waals surface area contributed by atoms with Gasteiger partial charge in [-0.15, -0.1) is 0 Å². The molecule has 0 saturated heterocycles. The first-order valence-electron chi connectivity index (χ1n) is 10.8. The number of amides is 2. The van der Waals surface area contributed by atoms with Crippen LogP contribution in [0.2, 0.25) is 0 Å². The van der Waals surface area contributed by atoms with E-state index in [4.69, 9.17) is 0 Å². The molecule has 1 heterocycles. The first-order chi connectivity index (χ1) is 15.7. The number of ketones is 1. The standard InChI is InChI=1S/C25H23F3N2O3/c26-25(27,28)24(29-21(32)15-14-17-8-3-1-4-9-17)22-19(12-7-13-20(22)31)30(23(24)33)16-18-10-5-2-6-11-18/h1-6,8-11H,7,12-16H2,(H,29,32)/t24-/m0/s1. The summed E-state index contributed by atoms with van der Waals surface area (Å²) in [5.74, 6) is -3.01. The van der Waals surface area contributed by atoms with Crippen LogP contribution in [-0.4, -0.2) is 34.2 Å². The zero-order valence-electron chi connectivity index (χ0n) is 17.8. The second-order valence-electron chi connectivity index (χ2n) is 8.26. The number of nitrogens with one attached hydrogen (secondary N) is 1. The maximum absolute atomic E-state index is 14.6. The second kappa shape index (κ2) is 8.84. The molecule has 0 bridgehead atoms. The molecule has 0 unspecified atom stereocenters. The van der Waals surface area contributed by atoms with Crippen molar-refractivity contribution < 1.29 is 27.6 Å². The number of alkyl halides is 3. The van der Waals surface area contributed by atoms with E-state index in [1.165, 1.54) is 0 Å². The Hall–Kier alpha value is -3.42. The highest BCUT2D eigenvalue weighted by Gasteiger charge is 2.70. The molecule has 0 radical (unpaired) electrons. The van der Waals surface area contributed by atoms with Gasteiger partial charge in [-0.3, -0.25) is 14.4 Å². The average Bonchev–Trinajstić information content (AvgIpc) is 3.03. The molecule has 5 nitrogen and oxygen atoms in total. The summed E-state index contributed by atoms with van der Waals surface area (Å²) < 4.78 is 43.8. The zero-order valence-corrected chi connectivity index (χ0v) is 17.8. The van der Waals surface area contributed by atoms with Crippen molar-refractivity contribution in [3.63, 3.8) is 0 Å². The number of nitrogens with zero attached hydrogens (tertiary/aromatic N) is 1. The van der Waals surface area contributed by atoms with E-state index in [9.17, 15) is 27.6 Å². The molecule has 172 valence electrons. The Kier molecular flexibility index (Phi) is 6.10. The normalized spacial score (nSPS) is 20.8. The van der Waals surface area contributed by atoms with Crippen LogP contribution in [-0.2, 0) is 27.3 Å². The van der Waals surface area contributed by atoms with Crippen molar-refractivity contribution >= 4 is 17.6 Å². The van der Waals surface area contributed by atoms with Crippen LogP contribution in [0.15, 0.2) is 71.9 Å². The Balaban J connectivity index is 1.69. The van der Waals surface area contributed by atoms with Crippen LogP contribution in [0.4, 0.5) is 13.2 Å². The molecule has 4 rings (SSSR count). The number of halogens is 3. The molecule has 1 N–H and O–H groups in total. The minimum absolute atomic E-state index is 0.0563. The summed E-state index contributed by atoms with van der Waals surface area (Å²) in [5, 5.41) is 1.96. The van der Waals surface area contributed by atoms with Crippen molar-refractivity contribution in [3.05, 3.63) is 83.1 Å². The van der Waals surface area contributed by atoms with Crippen LogP contribution >= 0.6 is 0 Å². The SMILES string of the molecule is O=C(CCc1ccccc1)N[C@]1(C(F)(F)F)C(=O)N(Cc2ccccc2)C2=C1C(=O)CCC2. The Morgan fingerprint density at radius 1 is 0.939 bits per heavy atom. The predicted molar refractivity (Wildman–Crippen MR) is 115 cm³/mol. The number of rotatable bonds is 6. The molecule has 2 aromatic rings. The summed E-state index contributed by atoms with van der Waals surface area (Å²) in [7, 11) is 0. The number of aryl methyl sites for hydroxylation is 1. The fraction of sp³-hybridized carbons (Fsp3) is 0.320. The van der Waals surface area contributed by atoms with Gasteiger partial charge in [0, 0.05) is 18.5 Å². The molecule has 2 aromatic carbocycles. The quantitative estimate of drug-likeness (QED) is 0.712. The molecule has 1 aliphatic carbocycles. The Morgan fingerprint density at radius 3 is 2.15 bits per heavy atom. The van der Waals surface area contributed by atoms with Gasteiger partial charge in [0.1, 0.15) is 0 Å². The third-order valence-electron chi connectivity index (χ3n) is 6.07. The van der Waals surface area contributed by atoms with E-state index in [1.807, 2.05) is 5.32 Å². The van der Waals surface area contributed by atoms with Gasteiger partial charge in [0.05, 0.1) is 12.1 Å². The third kappa shape index (κ3) is 4.17. The van der Waals surface area contributed by atoms with E-state index < -0.39 is 34.9 Å². The zero-order chi connectivity index (χ0) is 23.6. The number of hydrogen-bond donors (Lipinski definition) is 1. The highest BCUT2D eigenvalue weighted by atomic mass is 19.4. The number of benzene rings is 2. The minimum Gasteiger partial charge on any atom is -0.330 e. The van der Waals surface area contributed by atoms with Crippen molar-refractivity contribution in [1.29, 1.82) is 0 Å². The second-order valence-corrected chi connectivity index (χ2v) is 8.26. The van der Waals surface area contributed by atoms with Gasteiger partial charge >= 0.3 is 6.18 Å². The van der Waals surface area contributed by atoms with Crippen LogP contribution in [0.3, 0.4) is 0 Å². The molecule has 2 aliphatic rings. The van der Waals surface area contributed by atoms with Crippen molar-refractivity contribution in [2.24, 2.45) is 0 Å². The monoisotopic (exact) mass is 456 g/mol. The van der Waals surface area contributed by atoms with Gasteiger partial charge in [-0.2, -0.15) is 13.2 Å². The van der Waals surface area contributed by atoms with Crippen LogP contribution in [0.25, 0.3) is 0 Å². The predicted octanol–water partition coefficient (Wildman–Crippen LogP) is 4.09. The summed E-state index contributed by atoms with van der Waals surface area (Å²) in [4.78, 5) is 39.9. The number of hydrogen-bond acceptors (Lipinski definition) is 3. The number of Topliss-reactive ketones (excluding diaryl/α,β-unsaturated/α-hetero) is 1. The van der Waals surface area contributed by atoms with E-state index in [0.29, 0.717) is 12.0 Å². The van der Waals surface area contributed by atoms with Crippen molar-refractivity contribution in [1.82, 2.24) is 10.2 Å². The molecule has 0 aromatic heterocycles. The maximum Gasteiger partial charge on any atom is 0.425 e. The lowest BCUT2D eigenvalue weighted by Gasteiger charge is -2.33. The van der Waals surface area contributed by atoms with Crippen molar-refractivity contribution in [2.45, 2.75) is 50.4 Å². The molecule has 1 aliphatic heterocycles. The van der Waals surface area contributed by atoms with E-state index in [1.54, 1.807) is 60.7 Å². The molecule has 1 atom stereocenters. The lowest BCUT2D eigenvalue weighted by Crippen LogP contribution is -2.66. The highest BCUT2D eigenvalue weighted by molar-refractivity contribution is 6.13. The Morgan fingerprint density at radius 2 is 1.55 bits per heavy atom. The number of carbonyl (C=O) groups excluding carboxylic acids is 3. The molecular weight excluding hydrogens is 433 g/mol. The van der Waals surface area contributed by atoms with Gasteiger partial charge < -0.3 is 10.2 Å². The molecular formula is C25H23F3N2O3. The van der Waals surface area contributed by atoms with Gasteiger partial charge in [-0.1, -0.05) is 60.7 Å². The molecule has 0 fully saturated rings.